The molecule has 1 aromatic carbocycles. The Kier molecular flexibility index (Phi) is 4.06. The summed E-state index contributed by atoms with van der Waals surface area (Å²) in [5.41, 5.74) is 0.401. The molecule has 0 aliphatic carbocycles. The number of anilines is 1. The second-order valence-corrected chi connectivity index (χ2v) is 4.78. The second kappa shape index (κ2) is 5.75. The van der Waals surface area contributed by atoms with E-state index in [1.54, 1.807) is 18.2 Å². The zero-order chi connectivity index (χ0) is 13.8. The first-order valence-corrected chi connectivity index (χ1v) is 6.61. The predicted octanol–water partition coefficient (Wildman–Crippen LogP) is 0.756. The van der Waals surface area contributed by atoms with E-state index in [2.05, 4.69) is 0 Å². The van der Waals surface area contributed by atoms with E-state index in [0.717, 1.165) is 4.90 Å². The van der Waals surface area contributed by atoms with Gasteiger partial charge in [-0.3, -0.25) is 9.59 Å². The largest absolute Gasteiger partial charge is 0.482 e. The van der Waals surface area contributed by atoms with Crippen molar-refractivity contribution in [3.63, 3.8) is 0 Å². The Labute approximate surface area is 113 Å². The number of carbonyl (C=O) groups excluding carboxylic acids is 2. The van der Waals surface area contributed by atoms with Gasteiger partial charge in [0.2, 0.25) is 11.8 Å². The van der Waals surface area contributed by atoms with Crippen molar-refractivity contribution >= 4 is 35.2 Å². The van der Waals surface area contributed by atoms with Crippen LogP contribution in [0.15, 0.2) is 24.3 Å². The lowest BCUT2D eigenvalue weighted by molar-refractivity contribution is -0.139. The van der Waals surface area contributed by atoms with Crippen molar-refractivity contribution in [3.8, 4) is 5.75 Å². The highest BCUT2D eigenvalue weighted by Crippen LogP contribution is 2.25. The van der Waals surface area contributed by atoms with Crippen molar-refractivity contribution in [2.45, 2.75) is 0 Å². The molecule has 0 aromatic heterocycles. The highest BCUT2D eigenvalue weighted by atomic mass is 32.2. The van der Waals surface area contributed by atoms with Crippen LogP contribution in [0.2, 0.25) is 0 Å². The molecule has 1 aliphatic rings. The Morgan fingerprint density at radius 3 is 2.63 bits per heavy atom. The Morgan fingerprint density at radius 2 is 2.00 bits per heavy atom. The molecule has 2 rings (SSSR count). The summed E-state index contributed by atoms with van der Waals surface area (Å²) in [6.07, 6.45) is 0. The van der Waals surface area contributed by atoms with Crippen LogP contribution in [-0.4, -0.2) is 41.0 Å². The first kappa shape index (κ1) is 13.4. The van der Waals surface area contributed by atoms with Crippen LogP contribution in [0.5, 0.6) is 5.75 Å². The molecule has 0 atom stereocenters. The molecule has 1 aliphatic heterocycles. The highest BCUT2D eigenvalue weighted by molar-refractivity contribution is 8.00. The minimum absolute atomic E-state index is 0.256. The standard InChI is InChI=1S/C12H11NO5S/c14-10-6-19-7-11(15)13(10)8-2-1-3-9(4-8)18-5-12(16)17/h1-4H,5-7H2,(H,16,17). The Bertz CT molecular complexity index is 515. The quantitative estimate of drug-likeness (QED) is 0.820. The monoisotopic (exact) mass is 281 g/mol. The lowest BCUT2D eigenvalue weighted by Crippen LogP contribution is -2.43. The number of ether oxygens (including phenoxy) is 1. The maximum absolute atomic E-state index is 11.7. The van der Waals surface area contributed by atoms with E-state index in [-0.39, 0.29) is 23.3 Å². The summed E-state index contributed by atoms with van der Waals surface area (Å²) < 4.78 is 5.02. The van der Waals surface area contributed by atoms with Crippen LogP contribution in [0.1, 0.15) is 0 Å². The summed E-state index contributed by atoms with van der Waals surface area (Å²) in [5.74, 6) is -0.836. The molecule has 1 N–H and O–H groups in total. The third kappa shape index (κ3) is 3.25. The van der Waals surface area contributed by atoms with Crippen LogP contribution in [-0.2, 0) is 14.4 Å². The molecule has 6 nitrogen and oxygen atoms in total. The van der Waals surface area contributed by atoms with E-state index in [1.807, 2.05) is 0 Å². The summed E-state index contributed by atoms with van der Waals surface area (Å²) in [7, 11) is 0. The van der Waals surface area contributed by atoms with Crippen LogP contribution in [0.25, 0.3) is 0 Å². The van der Waals surface area contributed by atoms with Crippen molar-refractivity contribution in [2.24, 2.45) is 0 Å². The smallest absolute Gasteiger partial charge is 0.341 e. The summed E-state index contributed by atoms with van der Waals surface area (Å²) in [4.78, 5) is 35.0. The fraction of sp³-hybridized carbons (Fsp3) is 0.250. The average Bonchev–Trinajstić information content (AvgIpc) is 2.37. The average molecular weight is 281 g/mol. The number of carboxylic acid groups (broad SMARTS) is 1. The minimum atomic E-state index is -1.09. The van der Waals surface area contributed by atoms with E-state index in [0.29, 0.717) is 11.4 Å². The van der Waals surface area contributed by atoms with Crippen molar-refractivity contribution < 1.29 is 24.2 Å². The number of amides is 2. The van der Waals surface area contributed by atoms with Crippen LogP contribution in [0.4, 0.5) is 5.69 Å². The number of imide groups is 1. The van der Waals surface area contributed by atoms with Gasteiger partial charge in [-0.1, -0.05) is 6.07 Å². The first-order chi connectivity index (χ1) is 9.08. The maximum atomic E-state index is 11.7. The fourth-order valence-electron chi connectivity index (χ4n) is 1.64. The van der Waals surface area contributed by atoms with Crippen molar-refractivity contribution in [2.75, 3.05) is 23.0 Å². The summed E-state index contributed by atoms with van der Waals surface area (Å²) in [6, 6.07) is 6.27. The van der Waals surface area contributed by atoms with E-state index in [4.69, 9.17) is 9.84 Å². The van der Waals surface area contributed by atoms with Crippen LogP contribution in [0, 0.1) is 0 Å². The zero-order valence-corrected chi connectivity index (χ0v) is 10.7. The molecule has 0 saturated carbocycles. The van der Waals surface area contributed by atoms with Gasteiger partial charge in [0, 0.05) is 6.07 Å². The number of rotatable bonds is 4. The molecule has 7 heteroatoms. The van der Waals surface area contributed by atoms with Gasteiger partial charge in [-0.15, -0.1) is 11.8 Å². The molecule has 1 heterocycles. The Morgan fingerprint density at radius 1 is 1.32 bits per heavy atom. The number of thioether (sulfide) groups is 1. The highest BCUT2D eigenvalue weighted by Gasteiger charge is 2.27. The third-order valence-electron chi connectivity index (χ3n) is 2.39. The third-order valence-corrected chi connectivity index (χ3v) is 3.29. The van der Waals surface area contributed by atoms with Gasteiger partial charge in [0.05, 0.1) is 17.2 Å². The fourth-order valence-corrected chi connectivity index (χ4v) is 2.35. The summed E-state index contributed by atoms with van der Waals surface area (Å²) in [5, 5.41) is 8.53. The number of carboxylic acids is 1. The van der Waals surface area contributed by atoms with Crippen molar-refractivity contribution in [3.05, 3.63) is 24.3 Å². The van der Waals surface area contributed by atoms with Gasteiger partial charge in [0.15, 0.2) is 6.61 Å². The van der Waals surface area contributed by atoms with Crippen LogP contribution in [0.3, 0.4) is 0 Å². The molecule has 100 valence electrons. The van der Waals surface area contributed by atoms with E-state index in [9.17, 15) is 14.4 Å². The van der Waals surface area contributed by atoms with Gasteiger partial charge < -0.3 is 9.84 Å². The number of nitrogens with zero attached hydrogens (tertiary/aromatic N) is 1. The van der Waals surface area contributed by atoms with Gasteiger partial charge >= 0.3 is 5.97 Å². The van der Waals surface area contributed by atoms with Crippen LogP contribution < -0.4 is 9.64 Å². The lowest BCUT2D eigenvalue weighted by atomic mass is 10.2. The molecule has 0 radical (unpaired) electrons. The van der Waals surface area contributed by atoms with Gasteiger partial charge in [0.1, 0.15) is 5.75 Å². The molecule has 0 bridgehead atoms. The number of hydrogen-bond acceptors (Lipinski definition) is 5. The minimum Gasteiger partial charge on any atom is -0.482 e. The van der Waals surface area contributed by atoms with E-state index >= 15 is 0 Å². The summed E-state index contributed by atoms with van der Waals surface area (Å²) in [6.45, 7) is -0.471. The molecule has 1 saturated heterocycles. The molecule has 0 spiro atoms. The zero-order valence-electron chi connectivity index (χ0n) is 9.87. The topological polar surface area (TPSA) is 83.9 Å². The molecule has 0 unspecified atom stereocenters. The maximum Gasteiger partial charge on any atom is 0.341 e. The van der Waals surface area contributed by atoms with Gasteiger partial charge in [-0.2, -0.15) is 0 Å². The van der Waals surface area contributed by atoms with Gasteiger partial charge in [0.25, 0.3) is 0 Å². The SMILES string of the molecule is O=C(O)COc1cccc(N2C(=O)CSCC2=O)c1. The van der Waals surface area contributed by atoms with Crippen molar-refractivity contribution in [1.82, 2.24) is 0 Å². The molecular weight excluding hydrogens is 270 g/mol. The van der Waals surface area contributed by atoms with E-state index in [1.165, 1.54) is 17.8 Å². The van der Waals surface area contributed by atoms with E-state index < -0.39 is 12.6 Å². The van der Waals surface area contributed by atoms with Gasteiger partial charge in [-0.05, 0) is 12.1 Å². The molecule has 1 aromatic rings. The Hall–Kier alpha value is -2.02. The molecule has 19 heavy (non-hydrogen) atoms. The molecule has 1 fully saturated rings. The number of aliphatic carboxylic acids is 1. The number of carbonyl (C=O) groups is 3. The number of benzene rings is 1. The normalized spacial score (nSPS) is 15.5. The lowest BCUT2D eigenvalue weighted by Gasteiger charge is -2.24. The summed E-state index contributed by atoms with van der Waals surface area (Å²) >= 11 is 1.28. The molecular formula is C12H11NO5S. The van der Waals surface area contributed by atoms with Crippen molar-refractivity contribution in [1.29, 1.82) is 0 Å². The van der Waals surface area contributed by atoms with Gasteiger partial charge in [-0.25, -0.2) is 9.69 Å². The second-order valence-electron chi connectivity index (χ2n) is 3.80. The molecule has 2 amide bonds. The number of hydrogen-bond donors (Lipinski definition) is 1. The Balaban J connectivity index is 2.19. The first-order valence-electron chi connectivity index (χ1n) is 5.46. The van der Waals surface area contributed by atoms with Crippen LogP contribution >= 0.6 is 11.8 Å². The predicted molar refractivity (Wildman–Crippen MR) is 69.4 cm³/mol.